The average Bonchev–Trinajstić information content (AvgIpc) is 2.55. The fourth-order valence-corrected chi connectivity index (χ4v) is 2.86. The first-order valence-corrected chi connectivity index (χ1v) is 7.98. The van der Waals surface area contributed by atoms with Crippen molar-refractivity contribution in [2.24, 2.45) is 11.7 Å². The van der Waals surface area contributed by atoms with Crippen LogP contribution in [0.2, 0.25) is 0 Å². The van der Waals surface area contributed by atoms with Crippen molar-refractivity contribution >= 4 is 11.8 Å². The molecule has 1 aliphatic heterocycles. The van der Waals surface area contributed by atoms with Crippen LogP contribution in [0.3, 0.4) is 0 Å². The van der Waals surface area contributed by atoms with Gasteiger partial charge in [-0.3, -0.25) is 14.5 Å². The summed E-state index contributed by atoms with van der Waals surface area (Å²) in [4.78, 5) is 27.1. The number of nitrogens with two attached hydrogens (primary N) is 1. The maximum absolute atomic E-state index is 12.1. The largest absolute Gasteiger partial charge is 0.395 e. The average molecular weight is 319 g/mol. The Morgan fingerprint density at radius 1 is 1.26 bits per heavy atom. The molecule has 6 nitrogen and oxygen atoms in total. The van der Waals surface area contributed by atoms with Crippen molar-refractivity contribution in [3.8, 4) is 0 Å². The molecule has 1 aromatic carbocycles. The second-order valence-electron chi connectivity index (χ2n) is 6.10. The van der Waals surface area contributed by atoms with Gasteiger partial charge in [-0.1, -0.05) is 12.1 Å². The smallest absolute Gasteiger partial charge is 0.253 e. The van der Waals surface area contributed by atoms with E-state index in [2.05, 4.69) is 4.90 Å². The summed E-state index contributed by atoms with van der Waals surface area (Å²) in [7, 11) is 1.68. The van der Waals surface area contributed by atoms with E-state index in [0.29, 0.717) is 12.1 Å². The van der Waals surface area contributed by atoms with E-state index in [9.17, 15) is 9.59 Å². The molecule has 0 aromatic heterocycles. The predicted octanol–water partition coefficient (Wildman–Crippen LogP) is 0.448. The number of hydrogen-bond acceptors (Lipinski definition) is 4. The minimum Gasteiger partial charge on any atom is -0.395 e. The van der Waals surface area contributed by atoms with E-state index in [0.717, 1.165) is 38.0 Å². The molecular weight excluding hydrogens is 294 g/mol. The summed E-state index contributed by atoms with van der Waals surface area (Å²) in [6.45, 7) is 2.84. The highest BCUT2D eigenvalue weighted by atomic mass is 16.3. The Kier molecular flexibility index (Phi) is 6.12. The van der Waals surface area contributed by atoms with Crippen molar-refractivity contribution < 1.29 is 14.7 Å². The van der Waals surface area contributed by atoms with Gasteiger partial charge in [-0.15, -0.1) is 0 Å². The molecule has 0 atom stereocenters. The number of benzene rings is 1. The first-order chi connectivity index (χ1) is 11.0. The summed E-state index contributed by atoms with van der Waals surface area (Å²) in [5, 5.41) is 8.88. The molecule has 23 heavy (non-hydrogen) atoms. The standard InChI is InChI=1S/C17H25N3O3/c1-19(10-11-21)17(23)15-4-2-13(3-5-15)12-20-8-6-14(7-9-20)16(18)22/h2-5,14,21H,6-12H2,1H3,(H2,18,22). The van der Waals surface area contributed by atoms with E-state index in [-0.39, 0.29) is 24.3 Å². The van der Waals surface area contributed by atoms with Gasteiger partial charge in [-0.25, -0.2) is 0 Å². The second-order valence-corrected chi connectivity index (χ2v) is 6.10. The lowest BCUT2D eigenvalue weighted by molar-refractivity contribution is -0.123. The summed E-state index contributed by atoms with van der Waals surface area (Å²) < 4.78 is 0. The van der Waals surface area contributed by atoms with Crippen LogP contribution in [-0.4, -0.2) is 60.0 Å². The van der Waals surface area contributed by atoms with Gasteiger partial charge in [0.05, 0.1) is 6.61 Å². The highest BCUT2D eigenvalue weighted by Crippen LogP contribution is 2.19. The van der Waals surface area contributed by atoms with E-state index in [1.807, 2.05) is 24.3 Å². The van der Waals surface area contributed by atoms with Crippen molar-refractivity contribution in [2.75, 3.05) is 33.3 Å². The van der Waals surface area contributed by atoms with Gasteiger partial charge in [-0.05, 0) is 43.6 Å². The molecule has 1 fully saturated rings. The van der Waals surface area contributed by atoms with Crippen LogP contribution in [0.15, 0.2) is 24.3 Å². The third kappa shape index (κ3) is 4.77. The zero-order valence-electron chi connectivity index (χ0n) is 13.6. The topological polar surface area (TPSA) is 86.9 Å². The van der Waals surface area contributed by atoms with Crippen molar-refractivity contribution in [3.05, 3.63) is 35.4 Å². The van der Waals surface area contributed by atoms with E-state index in [1.54, 1.807) is 7.05 Å². The Balaban J connectivity index is 1.88. The van der Waals surface area contributed by atoms with E-state index >= 15 is 0 Å². The normalized spacial score (nSPS) is 16.3. The van der Waals surface area contributed by atoms with Gasteiger partial charge in [0, 0.05) is 31.6 Å². The van der Waals surface area contributed by atoms with Gasteiger partial charge in [0.1, 0.15) is 0 Å². The number of carbonyl (C=O) groups excluding carboxylic acids is 2. The van der Waals surface area contributed by atoms with Gasteiger partial charge < -0.3 is 15.7 Å². The van der Waals surface area contributed by atoms with E-state index < -0.39 is 0 Å². The summed E-state index contributed by atoms with van der Waals surface area (Å²) >= 11 is 0. The van der Waals surface area contributed by atoms with Crippen molar-refractivity contribution in [2.45, 2.75) is 19.4 Å². The number of primary amides is 1. The van der Waals surface area contributed by atoms with Crippen LogP contribution in [0, 0.1) is 5.92 Å². The Morgan fingerprint density at radius 2 is 1.87 bits per heavy atom. The predicted molar refractivity (Wildman–Crippen MR) is 87.7 cm³/mol. The van der Waals surface area contributed by atoms with Crippen LogP contribution >= 0.6 is 0 Å². The number of hydrogen-bond donors (Lipinski definition) is 2. The molecule has 0 bridgehead atoms. The van der Waals surface area contributed by atoms with Gasteiger partial charge >= 0.3 is 0 Å². The van der Waals surface area contributed by atoms with Crippen LogP contribution in [0.4, 0.5) is 0 Å². The highest BCUT2D eigenvalue weighted by Gasteiger charge is 2.23. The Hall–Kier alpha value is -1.92. The second kappa shape index (κ2) is 8.08. The summed E-state index contributed by atoms with van der Waals surface area (Å²) in [6, 6.07) is 7.56. The van der Waals surface area contributed by atoms with Crippen LogP contribution in [0.25, 0.3) is 0 Å². The van der Waals surface area contributed by atoms with Crippen LogP contribution in [0.1, 0.15) is 28.8 Å². The number of piperidine rings is 1. The molecule has 1 saturated heterocycles. The minimum absolute atomic E-state index is 0.00769. The molecule has 2 amide bonds. The summed E-state index contributed by atoms with van der Waals surface area (Å²) in [6.07, 6.45) is 1.63. The van der Waals surface area contributed by atoms with Crippen LogP contribution in [0.5, 0.6) is 0 Å². The van der Waals surface area contributed by atoms with Crippen molar-refractivity contribution in [1.82, 2.24) is 9.80 Å². The number of aliphatic hydroxyl groups excluding tert-OH is 1. The van der Waals surface area contributed by atoms with Crippen LogP contribution in [-0.2, 0) is 11.3 Å². The number of rotatable bonds is 6. The van der Waals surface area contributed by atoms with Gasteiger partial charge in [0.25, 0.3) is 5.91 Å². The first kappa shape index (κ1) is 17.4. The lowest BCUT2D eigenvalue weighted by Crippen LogP contribution is -2.38. The molecule has 0 radical (unpaired) electrons. The molecule has 6 heteroatoms. The molecular formula is C17H25N3O3. The maximum Gasteiger partial charge on any atom is 0.253 e. The van der Waals surface area contributed by atoms with Gasteiger partial charge in [-0.2, -0.15) is 0 Å². The fraction of sp³-hybridized carbons (Fsp3) is 0.529. The SMILES string of the molecule is CN(CCO)C(=O)c1ccc(CN2CCC(C(N)=O)CC2)cc1. The molecule has 0 aliphatic carbocycles. The zero-order valence-corrected chi connectivity index (χ0v) is 13.6. The Labute approximate surface area is 136 Å². The molecule has 3 N–H and O–H groups in total. The number of likely N-dealkylation sites (N-methyl/N-ethyl adjacent to an activating group) is 1. The molecule has 0 spiro atoms. The number of likely N-dealkylation sites (tertiary alicyclic amines) is 1. The van der Waals surface area contributed by atoms with E-state index in [4.69, 9.17) is 10.8 Å². The van der Waals surface area contributed by atoms with Gasteiger partial charge in [0.15, 0.2) is 0 Å². The summed E-state index contributed by atoms with van der Waals surface area (Å²) in [5.41, 5.74) is 7.11. The lowest BCUT2D eigenvalue weighted by atomic mass is 9.96. The summed E-state index contributed by atoms with van der Waals surface area (Å²) in [5.74, 6) is -0.277. The number of amides is 2. The highest BCUT2D eigenvalue weighted by molar-refractivity contribution is 5.94. The quantitative estimate of drug-likeness (QED) is 0.797. The molecule has 1 aromatic rings. The maximum atomic E-state index is 12.1. The number of carbonyl (C=O) groups is 2. The van der Waals surface area contributed by atoms with Gasteiger partial charge in [0.2, 0.25) is 5.91 Å². The molecule has 0 saturated carbocycles. The molecule has 2 rings (SSSR count). The first-order valence-electron chi connectivity index (χ1n) is 7.98. The van der Waals surface area contributed by atoms with Crippen molar-refractivity contribution in [3.63, 3.8) is 0 Å². The molecule has 126 valence electrons. The van der Waals surface area contributed by atoms with E-state index in [1.165, 1.54) is 4.90 Å². The van der Waals surface area contributed by atoms with Crippen LogP contribution < -0.4 is 5.73 Å². The monoisotopic (exact) mass is 319 g/mol. The minimum atomic E-state index is -0.195. The molecule has 1 aliphatic rings. The molecule has 1 heterocycles. The van der Waals surface area contributed by atoms with Crippen molar-refractivity contribution in [1.29, 1.82) is 0 Å². The fourth-order valence-electron chi connectivity index (χ4n) is 2.86. The number of nitrogens with zero attached hydrogens (tertiary/aromatic N) is 2. The third-order valence-corrected chi connectivity index (χ3v) is 4.38. The number of aliphatic hydroxyl groups is 1. The Bertz CT molecular complexity index is 537. The lowest BCUT2D eigenvalue weighted by Gasteiger charge is -2.30. The Morgan fingerprint density at radius 3 is 2.39 bits per heavy atom. The third-order valence-electron chi connectivity index (χ3n) is 4.38. The molecule has 0 unspecified atom stereocenters. The zero-order chi connectivity index (χ0) is 16.8.